The fourth-order valence-electron chi connectivity index (χ4n) is 5.40. The first-order valence-corrected chi connectivity index (χ1v) is 13.2. The molecule has 1 N–H and O–H groups in total. The van der Waals surface area contributed by atoms with Crippen molar-refractivity contribution in [1.82, 2.24) is 4.90 Å². The molecule has 1 aliphatic heterocycles. The molecular weight excluding hydrogens is 430 g/mol. The van der Waals surface area contributed by atoms with E-state index in [1.165, 1.54) is 33.4 Å². The van der Waals surface area contributed by atoms with Gasteiger partial charge in [0.1, 0.15) is 0 Å². The highest BCUT2D eigenvalue weighted by Crippen LogP contribution is 2.40. The molecule has 0 fully saturated rings. The van der Waals surface area contributed by atoms with E-state index in [-0.39, 0.29) is 11.2 Å². The van der Waals surface area contributed by atoms with E-state index < -0.39 is 10.1 Å². The second kappa shape index (κ2) is 9.80. The molecule has 5 heteroatoms. The van der Waals surface area contributed by atoms with E-state index in [4.69, 9.17) is 0 Å². The molecule has 0 saturated heterocycles. The Morgan fingerprint density at radius 2 is 1.48 bits per heavy atom. The fraction of sp³-hybridized carbons (Fsp3) is 0.357. The van der Waals surface area contributed by atoms with Gasteiger partial charge < -0.3 is 0 Å². The first-order chi connectivity index (χ1) is 15.7. The third kappa shape index (κ3) is 6.11. The predicted octanol–water partition coefficient (Wildman–Crippen LogP) is 5.12. The SMILES string of the molecule is Cc1cccc(CC2(Cc3cccc(C)c3)CN(CCCS(=O)(=O)O)Cc3ccccc32)c1. The maximum absolute atomic E-state index is 11.3. The molecule has 4 nitrogen and oxygen atoms in total. The van der Waals surface area contributed by atoms with Gasteiger partial charge >= 0.3 is 0 Å². The summed E-state index contributed by atoms with van der Waals surface area (Å²) in [4.78, 5) is 2.36. The third-order valence-corrected chi connectivity index (χ3v) is 7.44. The Balaban J connectivity index is 1.74. The molecule has 33 heavy (non-hydrogen) atoms. The summed E-state index contributed by atoms with van der Waals surface area (Å²) in [5.74, 6) is -0.200. The standard InChI is InChI=1S/C28H33NO3S/c1-22-8-5-10-24(16-22)18-28(19-25-11-6-9-23(2)17-25)21-29(14-7-15-33(30,31)32)20-26-12-3-4-13-27(26)28/h3-6,8-13,16-17H,7,14-15,18-21H2,1-2H3,(H,30,31,32). The monoisotopic (exact) mass is 463 g/mol. The van der Waals surface area contributed by atoms with Gasteiger partial charge in [-0.25, -0.2) is 0 Å². The Labute approximate surface area is 198 Å². The van der Waals surface area contributed by atoms with E-state index >= 15 is 0 Å². The van der Waals surface area contributed by atoms with Crippen LogP contribution < -0.4 is 0 Å². The smallest absolute Gasteiger partial charge is 0.264 e. The van der Waals surface area contributed by atoms with E-state index in [0.717, 1.165) is 25.9 Å². The summed E-state index contributed by atoms with van der Waals surface area (Å²) in [6.07, 6.45) is 2.24. The van der Waals surface area contributed by atoms with Crippen LogP contribution in [-0.2, 0) is 34.9 Å². The summed E-state index contributed by atoms with van der Waals surface area (Å²) in [6, 6.07) is 26.2. The topological polar surface area (TPSA) is 57.6 Å². The molecule has 0 aromatic heterocycles. The lowest BCUT2D eigenvalue weighted by Crippen LogP contribution is -2.49. The van der Waals surface area contributed by atoms with Gasteiger partial charge in [-0.1, -0.05) is 83.9 Å². The van der Waals surface area contributed by atoms with Crippen LogP contribution in [0.15, 0.2) is 72.8 Å². The first kappa shape index (κ1) is 23.7. The van der Waals surface area contributed by atoms with Crippen LogP contribution in [0.25, 0.3) is 0 Å². The zero-order valence-electron chi connectivity index (χ0n) is 19.5. The van der Waals surface area contributed by atoms with E-state index in [0.29, 0.717) is 13.0 Å². The Hall–Kier alpha value is -2.47. The minimum atomic E-state index is -3.95. The zero-order chi connectivity index (χ0) is 23.5. The average Bonchev–Trinajstić information content (AvgIpc) is 2.73. The molecule has 174 valence electrons. The van der Waals surface area contributed by atoms with Crippen molar-refractivity contribution >= 4 is 10.1 Å². The normalized spacial score (nSPS) is 15.8. The van der Waals surface area contributed by atoms with Crippen LogP contribution in [0.3, 0.4) is 0 Å². The number of fused-ring (bicyclic) bond motifs is 1. The second-order valence-electron chi connectivity index (χ2n) is 9.62. The van der Waals surface area contributed by atoms with Crippen LogP contribution in [0.1, 0.15) is 39.8 Å². The highest BCUT2D eigenvalue weighted by molar-refractivity contribution is 7.85. The van der Waals surface area contributed by atoms with Crippen LogP contribution in [0.4, 0.5) is 0 Å². The minimum absolute atomic E-state index is 0.130. The Morgan fingerprint density at radius 3 is 2.06 bits per heavy atom. The summed E-state index contributed by atoms with van der Waals surface area (Å²) in [7, 11) is -3.95. The van der Waals surface area contributed by atoms with E-state index in [1.807, 2.05) is 0 Å². The molecule has 0 saturated carbocycles. The van der Waals surface area contributed by atoms with Crippen molar-refractivity contribution in [2.24, 2.45) is 0 Å². The number of aryl methyl sites for hydroxylation is 2. The van der Waals surface area contributed by atoms with Gasteiger partial charge in [0.25, 0.3) is 10.1 Å². The average molecular weight is 464 g/mol. The summed E-state index contributed by atoms with van der Waals surface area (Å²) in [6.45, 7) is 6.54. The van der Waals surface area contributed by atoms with Crippen molar-refractivity contribution in [3.05, 3.63) is 106 Å². The summed E-state index contributed by atoms with van der Waals surface area (Å²) >= 11 is 0. The van der Waals surface area contributed by atoms with Crippen LogP contribution in [0, 0.1) is 13.8 Å². The van der Waals surface area contributed by atoms with Gasteiger partial charge in [0.2, 0.25) is 0 Å². The summed E-state index contributed by atoms with van der Waals surface area (Å²) in [5.41, 5.74) is 7.71. The van der Waals surface area contributed by atoms with Gasteiger partial charge in [0, 0.05) is 18.5 Å². The van der Waals surface area contributed by atoms with Gasteiger partial charge in [0.15, 0.2) is 0 Å². The van der Waals surface area contributed by atoms with Crippen molar-refractivity contribution in [3.8, 4) is 0 Å². The number of benzene rings is 3. The molecule has 0 aliphatic carbocycles. The van der Waals surface area contributed by atoms with Crippen LogP contribution in [0.2, 0.25) is 0 Å². The molecule has 4 rings (SSSR count). The molecule has 3 aromatic rings. The summed E-state index contributed by atoms with van der Waals surface area (Å²) in [5, 5.41) is 0. The van der Waals surface area contributed by atoms with E-state index in [2.05, 4.69) is 91.5 Å². The maximum atomic E-state index is 11.3. The van der Waals surface area contributed by atoms with Crippen molar-refractivity contribution in [2.45, 2.75) is 45.1 Å². The number of nitrogens with zero attached hydrogens (tertiary/aromatic N) is 1. The van der Waals surface area contributed by atoms with Gasteiger partial charge in [-0.2, -0.15) is 8.42 Å². The summed E-state index contributed by atoms with van der Waals surface area (Å²) < 4.78 is 31.8. The Kier molecular flexibility index (Phi) is 7.03. The highest BCUT2D eigenvalue weighted by Gasteiger charge is 2.39. The molecule has 0 unspecified atom stereocenters. The quantitative estimate of drug-likeness (QED) is 0.471. The fourth-order valence-corrected chi connectivity index (χ4v) is 5.90. The predicted molar refractivity (Wildman–Crippen MR) is 134 cm³/mol. The molecule has 0 bridgehead atoms. The number of hydrogen-bond donors (Lipinski definition) is 1. The molecule has 1 aliphatic rings. The molecule has 3 aromatic carbocycles. The second-order valence-corrected chi connectivity index (χ2v) is 11.2. The zero-order valence-corrected chi connectivity index (χ0v) is 20.3. The van der Waals surface area contributed by atoms with Gasteiger partial charge in [0.05, 0.1) is 5.75 Å². The highest BCUT2D eigenvalue weighted by atomic mass is 32.2. The maximum Gasteiger partial charge on any atom is 0.264 e. The van der Waals surface area contributed by atoms with Gasteiger partial charge in [-0.05, 0) is 61.9 Å². The number of rotatable bonds is 8. The third-order valence-electron chi connectivity index (χ3n) is 6.64. The Bertz CT molecular complexity index is 1170. The van der Waals surface area contributed by atoms with Crippen molar-refractivity contribution in [3.63, 3.8) is 0 Å². The minimum Gasteiger partial charge on any atom is -0.298 e. The van der Waals surface area contributed by atoms with Crippen molar-refractivity contribution in [2.75, 3.05) is 18.8 Å². The van der Waals surface area contributed by atoms with Crippen LogP contribution >= 0.6 is 0 Å². The molecule has 0 spiro atoms. The van der Waals surface area contributed by atoms with Crippen LogP contribution in [-0.4, -0.2) is 36.7 Å². The van der Waals surface area contributed by atoms with Crippen molar-refractivity contribution < 1.29 is 13.0 Å². The molecule has 1 heterocycles. The molecular formula is C28H33NO3S. The van der Waals surface area contributed by atoms with E-state index in [9.17, 15) is 13.0 Å². The Morgan fingerprint density at radius 1 is 0.879 bits per heavy atom. The molecule has 0 atom stereocenters. The van der Waals surface area contributed by atoms with Crippen LogP contribution in [0.5, 0.6) is 0 Å². The first-order valence-electron chi connectivity index (χ1n) is 11.6. The van der Waals surface area contributed by atoms with Gasteiger partial charge in [-0.15, -0.1) is 0 Å². The lowest BCUT2D eigenvalue weighted by atomic mass is 9.67. The molecule has 0 amide bonds. The lowest BCUT2D eigenvalue weighted by Gasteiger charge is -2.45. The van der Waals surface area contributed by atoms with E-state index in [1.54, 1.807) is 0 Å². The lowest BCUT2D eigenvalue weighted by molar-refractivity contribution is 0.172. The van der Waals surface area contributed by atoms with Crippen molar-refractivity contribution in [1.29, 1.82) is 0 Å². The largest absolute Gasteiger partial charge is 0.298 e. The van der Waals surface area contributed by atoms with Gasteiger partial charge in [-0.3, -0.25) is 9.45 Å². The number of hydrogen-bond acceptors (Lipinski definition) is 3. The molecule has 0 radical (unpaired) electrons.